The van der Waals surface area contributed by atoms with E-state index in [2.05, 4.69) is 0 Å². The van der Waals surface area contributed by atoms with Gasteiger partial charge in [-0.15, -0.1) is 0 Å². The zero-order valence-electron chi connectivity index (χ0n) is 13.8. The van der Waals surface area contributed by atoms with Gasteiger partial charge in [-0.2, -0.15) is 0 Å². The van der Waals surface area contributed by atoms with Crippen molar-refractivity contribution in [2.45, 2.75) is 37.5 Å². The molecule has 0 spiro atoms. The number of amides is 1. The normalized spacial score (nSPS) is 28.7. The molecule has 25 heavy (non-hydrogen) atoms. The van der Waals surface area contributed by atoms with Crippen molar-refractivity contribution in [2.24, 2.45) is 0 Å². The van der Waals surface area contributed by atoms with Crippen molar-refractivity contribution in [3.05, 3.63) is 34.6 Å². The lowest BCUT2D eigenvalue weighted by atomic mass is 9.85. The fraction of sp³-hybridized carbons (Fsp3) is 0.412. The lowest BCUT2D eigenvalue weighted by Crippen LogP contribution is -2.50. The fourth-order valence-electron chi connectivity index (χ4n) is 3.73. The smallest absolute Gasteiger partial charge is 0.326 e. The summed E-state index contributed by atoms with van der Waals surface area (Å²) in [4.78, 5) is 25.5. The Kier molecular flexibility index (Phi) is 4.25. The molecule has 1 aromatic rings. The molecular weight excluding hydrogens is 351 g/mol. The van der Waals surface area contributed by atoms with Gasteiger partial charge in [0.25, 0.3) is 0 Å². The van der Waals surface area contributed by atoms with Gasteiger partial charge in [0.15, 0.2) is 5.82 Å². The second-order valence-electron chi connectivity index (χ2n) is 6.54. The first-order valence-corrected chi connectivity index (χ1v) is 8.12. The minimum Gasteiger partial charge on any atom is -0.480 e. The van der Waals surface area contributed by atoms with Crippen LogP contribution in [0.1, 0.15) is 25.3 Å². The van der Waals surface area contributed by atoms with Gasteiger partial charge in [-0.25, -0.2) is 9.18 Å². The highest BCUT2D eigenvalue weighted by molar-refractivity contribution is 6.31. The van der Waals surface area contributed by atoms with E-state index >= 15 is 0 Å². The number of hydrogen-bond donors (Lipinski definition) is 2. The number of halogens is 2. The van der Waals surface area contributed by atoms with Crippen LogP contribution in [0.25, 0.3) is 5.57 Å². The number of methoxy groups -OCH3 is 1. The zero-order chi connectivity index (χ0) is 18.5. The molecule has 1 amide bonds. The van der Waals surface area contributed by atoms with E-state index < -0.39 is 35.4 Å². The van der Waals surface area contributed by atoms with E-state index in [0.717, 1.165) is 0 Å². The van der Waals surface area contributed by atoms with Gasteiger partial charge >= 0.3 is 5.97 Å². The number of benzene rings is 1. The van der Waals surface area contributed by atoms with Crippen molar-refractivity contribution in [1.82, 2.24) is 4.90 Å². The van der Waals surface area contributed by atoms with E-state index in [9.17, 15) is 19.1 Å². The molecule has 1 fully saturated rings. The average Bonchev–Trinajstić information content (AvgIpc) is 2.86. The van der Waals surface area contributed by atoms with Crippen LogP contribution in [0, 0.1) is 5.82 Å². The van der Waals surface area contributed by atoms with Crippen LogP contribution in [0.15, 0.2) is 18.2 Å². The first kappa shape index (κ1) is 17.7. The Morgan fingerprint density at radius 3 is 2.80 bits per heavy atom. The van der Waals surface area contributed by atoms with Crippen LogP contribution < -0.4 is 5.73 Å². The Balaban J connectivity index is 2.10. The van der Waals surface area contributed by atoms with Crippen LogP contribution in [-0.2, 0) is 14.3 Å². The molecule has 3 atom stereocenters. The van der Waals surface area contributed by atoms with E-state index in [1.165, 1.54) is 30.2 Å². The molecule has 6 nitrogen and oxygen atoms in total. The third-order valence-corrected chi connectivity index (χ3v) is 5.43. The highest BCUT2D eigenvalue weighted by Gasteiger charge is 2.55. The summed E-state index contributed by atoms with van der Waals surface area (Å²) in [5.41, 5.74) is 5.67. The van der Waals surface area contributed by atoms with Crippen LogP contribution in [-0.4, -0.2) is 46.7 Å². The summed E-state index contributed by atoms with van der Waals surface area (Å²) in [5, 5.41) is 9.34. The van der Waals surface area contributed by atoms with E-state index in [1.807, 2.05) is 0 Å². The standard InChI is InChI=1S/C17H18ClFN2O4/c1-17(25-2)7-11(16(23)24)21-12(17)5-8(6-13(21)22)14-10(20)4-3-9(18)15(14)19/h3-4,6,11-12H,5,7,20H2,1-2H3,(H,23,24)/t11-,12?,17?/m0/s1. The van der Waals surface area contributed by atoms with Gasteiger partial charge < -0.3 is 20.5 Å². The predicted octanol–water partition coefficient (Wildman–Crippen LogP) is 2.31. The number of carbonyl (C=O) groups is 2. The summed E-state index contributed by atoms with van der Waals surface area (Å²) in [6, 6.07) is 1.30. The minimum atomic E-state index is -1.09. The molecule has 2 aliphatic rings. The van der Waals surface area contributed by atoms with Crippen LogP contribution in [0.2, 0.25) is 5.02 Å². The van der Waals surface area contributed by atoms with Crippen molar-refractivity contribution in [3.8, 4) is 0 Å². The van der Waals surface area contributed by atoms with Crippen molar-refractivity contribution < 1.29 is 23.8 Å². The topological polar surface area (TPSA) is 92.9 Å². The van der Waals surface area contributed by atoms with Gasteiger partial charge in [-0.3, -0.25) is 4.79 Å². The number of carboxylic acid groups (broad SMARTS) is 1. The van der Waals surface area contributed by atoms with E-state index in [0.29, 0.717) is 5.57 Å². The first-order chi connectivity index (χ1) is 11.7. The monoisotopic (exact) mass is 368 g/mol. The van der Waals surface area contributed by atoms with Crippen molar-refractivity contribution >= 4 is 34.7 Å². The van der Waals surface area contributed by atoms with Gasteiger partial charge in [0.1, 0.15) is 6.04 Å². The second-order valence-corrected chi connectivity index (χ2v) is 6.94. The largest absolute Gasteiger partial charge is 0.480 e. The summed E-state index contributed by atoms with van der Waals surface area (Å²) in [6.07, 6.45) is 1.62. The summed E-state index contributed by atoms with van der Waals surface area (Å²) >= 11 is 5.85. The molecule has 3 N–H and O–H groups in total. The van der Waals surface area contributed by atoms with Gasteiger partial charge in [-0.1, -0.05) is 11.6 Å². The summed E-state index contributed by atoms with van der Waals surface area (Å²) in [7, 11) is 1.47. The quantitative estimate of drug-likeness (QED) is 0.798. The van der Waals surface area contributed by atoms with Gasteiger partial charge in [0.2, 0.25) is 5.91 Å². The molecule has 2 aliphatic heterocycles. The fourth-order valence-corrected chi connectivity index (χ4v) is 3.89. The van der Waals surface area contributed by atoms with Crippen LogP contribution >= 0.6 is 11.6 Å². The molecule has 0 bridgehead atoms. The number of carboxylic acids is 1. The van der Waals surface area contributed by atoms with Crippen LogP contribution in [0.4, 0.5) is 10.1 Å². The number of fused-ring (bicyclic) bond motifs is 1. The maximum Gasteiger partial charge on any atom is 0.326 e. The lowest BCUT2D eigenvalue weighted by Gasteiger charge is -2.37. The average molecular weight is 369 g/mol. The SMILES string of the molecule is COC1(C)C[C@@H](C(=O)O)N2C(=O)C=C(c3c(N)ccc(Cl)c3F)CC21. The van der Waals surface area contributed by atoms with E-state index in [4.69, 9.17) is 22.1 Å². The summed E-state index contributed by atoms with van der Waals surface area (Å²) in [6.45, 7) is 1.75. The molecule has 0 aromatic heterocycles. The Hall–Kier alpha value is -2.12. The van der Waals surface area contributed by atoms with Crippen molar-refractivity contribution in [1.29, 1.82) is 0 Å². The molecule has 2 heterocycles. The molecule has 0 saturated carbocycles. The van der Waals surface area contributed by atoms with Gasteiger partial charge in [-0.05, 0) is 31.1 Å². The first-order valence-electron chi connectivity index (χ1n) is 7.74. The molecule has 2 unspecified atom stereocenters. The molecule has 8 heteroatoms. The van der Waals surface area contributed by atoms with Crippen molar-refractivity contribution in [2.75, 3.05) is 12.8 Å². The molecule has 0 radical (unpaired) electrons. The van der Waals surface area contributed by atoms with Gasteiger partial charge in [0, 0.05) is 30.9 Å². The van der Waals surface area contributed by atoms with E-state index in [1.54, 1.807) is 6.92 Å². The number of nitrogen functional groups attached to an aromatic ring is 1. The third-order valence-electron chi connectivity index (χ3n) is 5.14. The Morgan fingerprint density at radius 1 is 1.52 bits per heavy atom. The molecular formula is C17H18ClFN2O4. The maximum absolute atomic E-state index is 14.5. The second kappa shape index (κ2) is 6.00. The maximum atomic E-state index is 14.5. The Bertz CT molecular complexity index is 797. The number of nitrogens with two attached hydrogens (primary N) is 1. The highest BCUT2D eigenvalue weighted by Crippen LogP contribution is 2.45. The molecule has 1 saturated heterocycles. The number of rotatable bonds is 3. The number of carbonyl (C=O) groups excluding carboxylic acids is 1. The molecule has 0 aliphatic carbocycles. The number of nitrogens with zero attached hydrogens (tertiary/aromatic N) is 1. The molecule has 1 aromatic carbocycles. The van der Waals surface area contributed by atoms with Crippen LogP contribution in [0.5, 0.6) is 0 Å². The minimum absolute atomic E-state index is 0.0812. The molecule has 3 rings (SSSR count). The number of aliphatic carboxylic acids is 1. The number of hydrogen-bond acceptors (Lipinski definition) is 4. The highest BCUT2D eigenvalue weighted by atomic mass is 35.5. The van der Waals surface area contributed by atoms with E-state index in [-0.39, 0.29) is 29.1 Å². The van der Waals surface area contributed by atoms with Crippen LogP contribution in [0.3, 0.4) is 0 Å². The zero-order valence-corrected chi connectivity index (χ0v) is 14.5. The lowest BCUT2D eigenvalue weighted by molar-refractivity contribution is -0.148. The van der Waals surface area contributed by atoms with Crippen molar-refractivity contribution in [3.63, 3.8) is 0 Å². The number of ether oxygens (including phenoxy) is 1. The summed E-state index contributed by atoms with van der Waals surface area (Å²) in [5.74, 6) is -2.29. The predicted molar refractivity (Wildman–Crippen MR) is 90.5 cm³/mol. The van der Waals surface area contributed by atoms with Gasteiger partial charge in [0.05, 0.1) is 16.7 Å². The third kappa shape index (κ3) is 2.67. The molecule has 134 valence electrons. The summed E-state index contributed by atoms with van der Waals surface area (Å²) < 4.78 is 20.0. The Labute approximate surface area is 149 Å². The number of anilines is 1. The Morgan fingerprint density at radius 2 is 2.20 bits per heavy atom.